The smallest absolute Gasteiger partial charge is 0.306 e. The fourth-order valence-corrected chi connectivity index (χ4v) is 10.7. The highest BCUT2D eigenvalue weighted by Gasteiger charge is 2.28. The predicted octanol–water partition coefficient (Wildman–Crippen LogP) is 4.54. The summed E-state index contributed by atoms with van der Waals surface area (Å²) in [6.07, 6.45) is 3.62. The lowest BCUT2D eigenvalue weighted by atomic mass is 10.2. The van der Waals surface area contributed by atoms with Gasteiger partial charge in [-0.1, -0.05) is 49.5 Å². The van der Waals surface area contributed by atoms with E-state index in [4.69, 9.17) is 25.8 Å². The number of carbonyl (C=O) groups excluding carboxylic acids is 2. The number of carbonyl (C=O) groups is 2. The van der Waals surface area contributed by atoms with Gasteiger partial charge in [0.2, 0.25) is 0 Å². The van der Waals surface area contributed by atoms with Gasteiger partial charge in [0.15, 0.2) is 10.8 Å². The molecule has 0 N–H and O–H groups in total. The molecule has 5 nitrogen and oxygen atoms in total. The van der Waals surface area contributed by atoms with Gasteiger partial charge in [-0.2, -0.15) is 0 Å². The molecule has 1 aliphatic rings. The van der Waals surface area contributed by atoms with Gasteiger partial charge in [-0.15, -0.1) is 0 Å². The highest BCUT2D eigenvalue weighted by Crippen LogP contribution is 2.74. The van der Waals surface area contributed by atoms with Crippen LogP contribution in [0, 0.1) is 0 Å². The second-order valence-electron chi connectivity index (χ2n) is 5.41. The maximum Gasteiger partial charge on any atom is 0.306 e. The molecule has 0 saturated carbocycles. The number of esters is 2. The minimum atomic E-state index is -1.92. The first-order chi connectivity index (χ1) is 11.5. The molecule has 1 saturated heterocycles. The van der Waals surface area contributed by atoms with Crippen molar-refractivity contribution in [2.24, 2.45) is 0 Å². The summed E-state index contributed by atoms with van der Waals surface area (Å²) < 4.78 is 14.6. The second-order valence-corrected chi connectivity index (χ2v) is 16.2. The van der Waals surface area contributed by atoms with Gasteiger partial charge in [-0.25, -0.2) is 0 Å². The summed E-state index contributed by atoms with van der Waals surface area (Å²) >= 11 is 8.88. The molecule has 0 aromatic rings. The van der Waals surface area contributed by atoms with E-state index in [1.54, 1.807) is 22.8 Å². The van der Waals surface area contributed by atoms with Crippen LogP contribution in [-0.4, -0.2) is 42.8 Å². The molecule has 0 aromatic heterocycles. The topological polar surface area (TPSA) is 61.8 Å². The van der Waals surface area contributed by atoms with Crippen LogP contribution in [0.25, 0.3) is 0 Å². The van der Waals surface area contributed by atoms with Crippen molar-refractivity contribution in [3.05, 3.63) is 0 Å². The van der Waals surface area contributed by atoms with E-state index in [0.29, 0.717) is 12.8 Å². The zero-order valence-corrected chi connectivity index (χ0v) is 17.7. The number of hydrogen-bond donors (Lipinski definition) is 0. The van der Waals surface area contributed by atoms with Crippen molar-refractivity contribution in [1.29, 1.82) is 0 Å². The van der Waals surface area contributed by atoms with Crippen molar-refractivity contribution in [3.8, 4) is 0 Å². The van der Waals surface area contributed by atoms with Gasteiger partial charge in [0.25, 0.3) is 0 Å². The number of ether oxygens (including phenoxy) is 2. The van der Waals surface area contributed by atoms with Crippen LogP contribution in [0.15, 0.2) is 0 Å². The third-order valence-corrected chi connectivity index (χ3v) is 13.1. The minimum absolute atomic E-state index is 0.0328. The first-order valence-electron chi connectivity index (χ1n) is 8.38. The molecule has 0 aliphatic carbocycles. The quantitative estimate of drug-likeness (QED) is 0.341. The normalized spacial score (nSPS) is 17.4. The van der Waals surface area contributed by atoms with Crippen LogP contribution < -0.4 is 0 Å². The third-order valence-electron chi connectivity index (χ3n) is 3.20. The zero-order chi connectivity index (χ0) is 17.8. The molecular formula is C15H27O5PS3. The van der Waals surface area contributed by atoms with E-state index >= 15 is 0 Å². The molecule has 0 radical (unpaired) electrons. The van der Waals surface area contributed by atoms with Gasteiger partial charge in [-0.05, 0) is 24.6 Å². The van der Waals surface area contributed by atoms with E-state index in [9.17, 15) is 9.59 Å². The van der Waals surface area contributed by atoms with Crippen molar-refractivity contribution in [1.82, 2.24) is 0 Å². The summed E-state index contributed by atoms with van der Waals surface area (Å²) in [6.45, 7) is 4.26. The lowest BCUT2D eigenvalue weighted by Gasteiger charge is -2.21. The van der Waals surface area contributed by atoms with Gasteiger partial charge < -0.3 is 14.0 Å². The van der Waals surface area contributed by atoms with Crippen LogP contribution >= 0.6 is 27.4 Å². The molecule has 0 amide bonds. The Morgan fingerprint density at radius 2 is 1.62 bits per heavy atom. The molecule has 0 bridgehead atoms. The number of unbranched alkanes of at least 4 members (excludes halogenated alkanes) is 2. The SMILES string of the molecule is CCCCC(=O)OC[C@H](COP1(=S)SCCS1)OC(=O)CCCC. The summed E-state index contributed by atoms with van der Waals surface area (Å²) in [7, 11) is 0. The van der Waals surface area contributed by atoms with Crippen LogP contribution in [0.3, 0.4) is 0 Å². The molecule has 0 spiro atoms. The van der Waals surface area contributed by atoms with E-state index in [-0.39, 0.29) is 25.2 Å². The Kier molecular flexibility index (Phi) is 11.7. The van der Waals surface area contributed by atoms with E-state index in [2.05, 4.69) is 0 Å². The predicted molar refractivity (Wildman–Crippen MR) is 105 cm³/mol. The standard InChI is InChI=1S/C15H27O5PS3/c1-3-5-7-14(16)18-11-13(20-15(17)8-6-4-2)12-19-21(22)23-9-10-24-21/h13H,3-12H2,1-2H3/t13-/m1/s1. The van der Waals surface area contributed by atoms with Gasteiger partial charge >= 0.3 is 11.9 Å². The Morgan fingerprint density at radius 3 is 2.21 bits per heavy atom. The number of hydrogen-bond acceptors (Lipinski definition) is 8. The Bertz CT molecular complexity index is 437. The molecule has 1 aliphatic heterocycles. The van der Waals surface area contributed by atoms with Crippen LogP contribution in [0.5, 0.6) is 0 Å². The summed E-state index contributed by atoms with van der Waals surface area (Å²) in [5, 5.41) is 0. The van der Waals surface area contributed by atoms with E-state index < -0.39 is 10.8 Å². The third kappa shape index (κ3) is 9.66. The summed E-state index contributed by atoms with van der Waals surface area (Å²) in [5.41, 5.74) is 0. The van der Waals surface area contributed by atoms with Crippen molar-refractivity contribution < 1.29 is 23.6 Å². The lowest BCUT2D eigenvalue weighted by Crippen LogP contribution is -2.29. The molecule has 1 rings (SSSR count). The summed E-state index contributed by atoms with van der Waals surface area (Å²) in [5.74, 6) is 1.45. The van der Waals surface area contributed by atoms with Crippen molar-refractivity contribution in [3.63, 3.8) is 0 Å². The molecule has 24 heavy (non-hydrogen) atoms. The van der Waals surface area contributed by atoms with Crippen molar-refractivity contribution in [2.75, 3.05) is 24.7 Å². The first-order valence-corrected chi connectivity index (χ1v) is 14.3. The largest absolute Gasteiger partial charge is 0.462 e. The molecule has 1 heterocycles. The van der Waals surface area contributed by atoms with Crippen LogP contribution in [0.4, 0.5) is 0 Å². The summed E-state index contributed by atoms with van der Waals surface area (Å²) in [4.78, 5) is 23.5. The maximum absolute atomic E-state index is 11.9. The summed E-state index contributed by atoms with van der Waals surface area (Å²) in [6, 6.07) is 0. The lowest BCUT2D eigenvalue weighted by molar-refractivity contribution is -0.160. The Balaban J connectivity index is 2.46. The minimum Gasteiger partial charge on any atom is -0.462 e. The average Bonchev–Trinajstić information content (AvgIpc) is 3.00. The van der Waals surface area contributed by atoms with Gasteiger partial charge in [0.05, 0.1) is 6.61 Å². The Morgan fingerprint density at radius 1 is 1.04 bits per heavy atom. The molecule has 9 heteroatoms. The second kappa shape index (κ2) is 12.6. The van der Waals surface area contributed by atoms with E-state index in [1.165, 1.54) is 0 Å². The molecular weight excluding hydrogens is 387 g/mol. The highest BCUT2D eigenvalue weighted by molar-refractivity contribution is 9.00. The van der Waals surface area contributed by atoms with E-state index in [1.807, 2.05) is 13.8 Å². The van der Waals surface area contributed by atoms with Gasteiger partial charge in [0.1, 0.15) is 6.61 Å². The fourth-order valence-electron chi connectivity index (χ4n) is 1.85. The molecule has 1 fully saturated rings. The monoisotopic (exact) mass is 414 g/mol. The fraction of sp³-hybridized carbons (Fsp3) is 0.867. The van der Waals surface area contributed by atoms with Crippen molar-refractivity contribution in [2.45, 2.75) is 58.5 Å². The first kappa shape index (κ1) is 22.3. The number of rotatable bonds is 12. The maximum atomic E-state index is 11.9. The van der Waals surface area contributed by atoms with Gasteiger partial charge in [0, 0.05) is 24.3 Å². The van der Waals surface area contributed by atoms with Crippen LogP contribution in [-0.2, 0) is 35.4 Å². The van der Waals surface area contributed by atoms with E-state index in [0.717, 1.165) is 37.2 Å². The Hall–Kier alpha value is 0.250. The Labute approximate surface area is 157 Å². The van der Waals surface area contributed by atoms with Crippen molar-refractivity contribution >= 4 is 51.2 Å². The van der Waals surface area contributed by atoms with Gasteiger partial charge in [-0.3, -0.25) is 9.59 Å². The average molecular weight is 415 g/mol. The molecule has 0 aromatic carbocycles. The van der Waals surface area contributed by atoms with Crippen LogP contribution in [0.1, 0.15) is 52.4 Å². The zero-order valence-electron chi connectivity index (χ0n) is 14.4. The van der Waals surface area contributed by atoms with Crippen LogP contribution in [0.2, 0.25) is 0 Å². The molecule has 1 atom stereocenters. The molecule has 0 unspecified atom stereocenters. The highest BCUT2D eigenvalue weighted by atomic mass is 33.2. The molecule has 140 valence electrons.